The molecular weight excluding hydrogens is 168 g/mol. The predicted octanol–water partition coefficient (Wildman–Crippen LogP) is 0.289. The molecule has 70 valence electrons. The highest BCUT2D eigenvalue weighted by molar-refractivity contribution is 5.97. The lowest BCUT2D eigenvalue weighted by Gasteiger charge is -2.35. The van der Waals surface area contributed by atoms with Crippen molar-refractivity contribution < 1.29 is 9.59 Å². The third-order valence-corrected chi connectivity index (χ3v) is 3.59. The number of amides is 3. The largest absolute Gasteiger partial charge is 0.326 e. The zero-order valence-corrected chi connectivity index (χ0v) is 7.56. The molecule has 4 heteroatoms. The van der Waals surface area contributed by atoms with Gasteiger partial charge >= 0.3 is 6.03 Å². The molecule has 3 fully saturated rings. The van der Waals surface area contributed by atoms with E-state index in [1.807, 2.05) is 4.90 Å². The summed E-state index contributed by atoms with van der Waals surface area (Å²) in [6.07, 6.45) is 1.77. The summed E-state index contributed by atoms with van der Waals surface area (Å²) in [5, 5.41) is 0. The molecule has 3 rings (SSSR count). The van der Waals surface area contributed by atoms with E-state index in [2.05, 4.69) is 0 Å². The van der Waals surface area contributed by atoms with E-state index in [4.69, 9.17) is 0 Å². The van der Waals surface area contributed by atoms with E-state index in [0.29, 0.717) is 18.3 Å². The first-order valence-electron chi connectivity index (χ1n) is 4.75. The SMILES string of the molecule is CN1C(=O)C[C@H]2[C@H]3C[C@H]3CN2C1=O. The third-order valence-electron chi connectivity index (χ3n) is 3.59. The van der Waals surface area contributed by atoms with Crippen molar-refractivity contribution in [2.24, 2.45) is 11.8 Å². The highest BCUT2D eigenvalue weighted by Gasteiger charge is 2.57. The molecule has 0 N–H and O–H groups in total. The number of fused-ring (bicyclic) bond motifs is 3. The molecule has 2 saturated heterocycles. The van der Waals surface area contributed by atoms with Crippen LogP contribution in [-0.4, -0.2) is 41.4 Å². The van der Waals surface area contributed by atoms with Crippen LogP contribution in [0.5, 0.6) is 0 Å². The minimum Gasteiger partial charge on any atom is -0.320 e. The van der Waals surface area contributed by atoms with Crippen molar-refractivity contribution in [1.82, 2.24) is 9.80 Å². The third kappa shape index (κ3) is 0.806. The molecule has 13 heavy (non-hydrogen) atoms. The molecule has 1 saturated carbocycles. The van der Waals surface area contributed by atoms with Crippen LogP contribution in [0.25, 0.3) is 0 Å². The molecule has 0 aromatic heterocycles. The average molecular weight is 180 g/mol. The first kappa shape index (κ1) is 7.35. The van der Waals surface area contributed by atoms with Crippen LogP contribution in [0.4, 0.5) is 4.79 Å². The Hall–Kier alpha value is -1.06. The Balaban J connectivity index is 1.90. The van der Waals surface area contributed by atoms with Crippen molar-refractivity contribution in [3.8, 4) is 0 Å². The smallest absolute Gasteiger partial charge is 0.320 e. The van der Waals surface area contributed by atoms with Crippen LogP contribution in [0.1, 0.15) is 12.8 Å². The number of carbonyl (C=O) groups excluding carboxylic acids is 2. The second-order valence-corrected chi connectivity index (χ2v) is 4.32. The summed E-state index contributed by atoms with van der Waals surface area (Å²) >= 11 is 0. The van der Waals surface area contributed by atoms with Gasteiger partial charge in [0.1, 0.15) is 0 Å². The quantitative estimate of drug-likeness (QED) is 0.537. The molecule has 0 aromatic rings. The topological polar surface area (TPSA) is 40.6 Å². The van der Waals surface area contributed by atoms with Gasteiger partial charge in [0, 0.05) is 26.1 Å². The van der Waals surface area contributed by atoms with Crippen LogP contribution in [0.2, 0.25) is 0 Å². The molecule has 4 nitrogen and oxygen atoms in total. The van der Waals surface area contributed by atoms with Crippen molar-refractivity contribution in [1.29, 1.82) is 0 Å². The summed E-state index contributed by atoms with van der Waals surface area (Å²) < 4.78 is 0. The van der Waals surface area contributed by atoms with Crippen molar-refractivity contribution in [2.45, 2.75) is 18.9 Å². The van der Waals surface area contributed by atoms with Gasteiger partial charge in [0.2, 0.25) is 5.91 Å². The molecule has 2 aliphatic heterocycles. The molecule has 2 heterocycles. The van der Waals surface area contributed by atoms with Gasteiger partial charge in [-0.1, -0.05) is 0 Å². The molecule has 0 spiro atoms. The van der Waals surface area contributed by atoms with Crippen molar-refractivity contribution >= 4 is 11.9 Å². The van der Waals surface area contributed by atoms with Gasteiger partial charge in [0.15, 0.2) is 0 Å². The second-order valence-electron chi connectivity index (χ2n) is 4.32. The van der Waals surface area contributed by atoms with E-state index in [1.54, 1.807) is 7.05 Å². The number of rotatable bonds is 0. The Morgan fingerprint density at radius 2 is 2.15 bits per heavy atom. The number of piperidine rings is 1. The average Bonchev–Trinajstić information content (AvgIpc) is 2.79. The Labute approximate surface area is 76.5 Å². The van der Waals surface area contributed by atoms with Crippen LogP contribution in [0.3, 0.4) is 0 Å². The Bertz CT molecular complexity index is 302. The fraction of sp³-hybridized carbons (Fsp3) is 0.778. The van der Waals surface area contributed by atoms with Gasteiger partial charge in [-0.2, -0.15) is 0 Å². The number of nitrogens with zero attached hydrogens (tertiary/aromatic N) is 2. The number of carbonyl (C=O) groups is 2. The lowest BCUT2D eigenvalue weighted by molar-refractivity contribution is -0.131. The molecule has 3 aliphatic rings. The highest BCUT2D eigenvalue weighted by atomic mass is 16.2. The zero-order chi connectivity index (χ0) is 9.16. The van der Waals surface area contributed by atoms with E-state index in [-0.39, 0.29) is 18.0 Å². The maximum absolute atomic E-state index is 11.6. The number of urea groups is 1. The molecule has 0 unspecified atom stereocenters. The van der Waals surface area contributed by atoms with Gasteiger partial charge in [-0.3, -0.25) is 9.69 Å². The van der Waals surface area contributed by atoms with Gasteiger partial charge in [-0.05, 0) is 18.3 Å². The van der Waals surface area contributed by atoms with Gasteiger partial charge < -0.3 is 4.90 Å². The molecule has 1 aliphatic carbocycles. The molecule has 0 bridgehead atoms. The predicted molar refractivity (Wildman–Crippen MR) is 44.9 cm³/mol. The van der Waals surface area contributed by atoms with E-state index in [0.717, 1.165) is 6.54 Å². The maximum atomic E-state index is 11.6. The van der Waals surface area contributed by atoms with E-state index >= 15 is 0 Å². The number of hydrogen-bond acceptors (Lipinski definition) is 2. The second kappa shape index (κ2) is 2.05. The number of imide groups is 1. The first-order chi connectivity index (χ1) is 6.18. The van der Waals surface area contributed by atoms with Crippen molar-refractivity contribution in [2.75, 3.05) is 13.6 Å². The monoisotopic (exact) mass is 180 g/mol. The standard InChI is InChI=1S/C9H12N2O2/c1-10-8(12)3-7-6-2-5(6)4-11(7)9(10)13/h5-7H,2-4H2,1H3/t5-,6-,7-/m0/s1. The number of hydrogen-bond donors (Lipinski definition) is 0. The van der Waals surface area contributed by atoms with Crippen LogP contribution in [-0.2, 0) is 4.79 Å². The lowest BCUT2D eigenvalue weighted by Crippen LogP contribution is -2.54. The lowest BCUT2D eigenvalue weighted by atomic mass is 10.1. The summed E-state index contributed by atoms with van der Waals surface area (Å²) in [5.74, 6) is 1.33. The Morgan fingerprint density at radius 3 is 2.92 bits per heavy atom. The summed E-state index contributed by atoms with van der Waals surface area (Å²) in [6.45, 7) is 0.881. The molecular formula is C9H12N2O2. The normalized spacial score (nSPS) is 42.1. The van der Waals surface area contributed by atoms with Crippen LogP contribution in [0.15, 0.2) is 0 Å². The summed E-state index contributed by atoms with van der Waals surface area (Å²) in [7, 11) is 1.57. The minimum absolute atomic E-state index is 0.0150. The van der Waals surface area contributed by atoms with E-state index in [9.17, 15) is 9.59 Å². The van der Waals surface area contributed by atoms with Crippen molar-refractivity contribution in [3.05, 3.63) is 0 Å². The minimum atomic E-state index is -0.0894. The molecule has 0 radical (unpaired) electrons. The van der Waals surface area contributed by atoms with Gasteiger partial charge in [0.25, 0.3) is 0 Å². The summed E-state index contributed by atoms with van der Waals surface area (Å²) in [6, 6.07) is 0.148. The fourth-order valence-corrected chi connectivity index (χ4v) is 2.67. The Morgan fingerprint density at radius 1 is 1.38 bits per heavy atom. The van der Waals surface area contributed by atoms with E-state index < -0.39 is 0 Å². The van der Waals surface area contributed by atoms with Gasteiger partial charge in [-0.15, -0.1) is 0 Å². The molecule has 3 atom stereocenters. The summed E-state index contributed by atoms with van der Waals surface area (Å²) in [4.78, 5) is 26.1. The summed E-state index contributed by atoms with van der Waals surface area (Å²) in [5.41, 5.74) is 0. The zero-order valence-electron chi connectivity index (χ0n) is 7.56. The van der Waals surface area contributed by atoms with E-state index in [1.165, 1.54) is 11.3 Å². The van der Waals surface area contributed by atoms with Crippen molar-refractivity contribution in [3.63, 3.8) is 0 Å². The fourth-order valence-electron chi connectivity index (χ4n) is 2.67. The van der Waals surface area contributed by atoms with Gasteiger partial charge in [0.05, 0.1) is 0 Å². The molecule has 3 amide bonds. The van der Waals surface area contributed by atoms with Crippen LogP contribution < -0.4 is 0 Å². The van der Waals surface area contributed by atoms with Crippen LogP contribution >= 0.6 is 0 Å². The Kier molecular flexibility index (Phi) is 1.16. The van der Waals surface area contributed by atoms with Gasteiger partial charge in [-0.25, -0.2) is 4.79 Å². The highest BCUT2D eigenvalue weighted by Crippen LogP contribution is 2.51. The maximum Gasteiger partial charge on any atom is 0.326 e. The first-order valence-corrected chi connectivity index (χ1v) is 4.75. The molecule has 0 aromatic carbocycles. The van der Waals surface area contributed by atoms with Crippen LogP contribution in [0, 0.1) is 11.8 Å².